The second kappa shape index (κ2) is 11.5. The lowest BCUT2D eigenvalue weighted by Crippen LogP contribution is -2.48. The van der Waals surface area contributed by atoms with E-state index in [0.29, 0.717) is 17.7 Å². The van der Waals surface area contributed by atoms with Crippen molar-refractivity contribution in [3.8, 4) is 0 Å². The molecule has 4 aromatic rings. The fourth-order valence-corrected chi connectivity index (χ4v) is 5.10. The number of aromatic nitrogens is 4. The van der Waals surface area contributed by atoms with Crippen LogP contribution in [0.5, 0.6) is 0 Å². The molecule has 0 bridgehead atoms. The molecule has 2 aromatic carbocycles. The molecule has 2 aromatic heterocycles. The quantitative estimate of drug-likeness (QED) is 0.385. The number of nitrogens with zero attached hydrogens (tertiary/aromatic N) is 5. The number of H-pyrrole nitrogens is 1. The van der Waals surface area contributed by atoms with Crippen molar-refractivity contribution in [2.24, 2.45) is 7.05 Å². The van der Waals surface area contributed by atoms with Crippen LogP contribution < -0.4 is 11.2 Å². The van der Waals surface area contributed by atoms with Crippen LogP contribution in [-0.4, -0.2) is 61.6 Å². The summed E-state index contributed by atoms with van der Waals surface area (Å²) in [5.74, 6) is 0. The summed E-state index contributed by atoms with van der Waals surface area (Å²) in [5.41, 5.74) is 2.77. The number of unbranched alkanes of at least 4 members (excludes halogenated alkanes) is 1. The summed E-state index contributed by atoms with van der Waals surface area (Å²) in [6.07, 6.45) is 3.65. The summed E-state index contributed by atoms with van der Waals surface area (Å²) in [7, 11) is 1.62. The molecule has 0 unspecified atom stereocenters. The third kappa shape index (κ3) is 5.34. The third-order valence-corrected chi connectivity index (χ3v) is 7.00. The predicted molar refractivity (Wildman–Crippen MR) is 144 cm³/mol. The molecule has 0 spiro atoms. The smallest absolute Gasteiger partial charge is 0.325 e. The minimum Gasteiger partial charge on any atom is -0.325 e. The van der Waals surface area contributed by atoms with Crippen molar-refractivity contribution in [3.63, 3.8) is 0 Å². The zero-order chi connectivity index (χ0) is 24.2. The first-order chi connectivity index (χ1) is 17.1. The molecular weight excluding hydrogens is 452 g/mol. The highest BCUT2D eigenvalue weighted by atomic mass is 16.2. The number of hydrogen-bond donors (Lipinski definition) is 1. The number of aromatic amines is 1. The van der Waals surface area contributed by atoms with Crippen molar-refractivity contribution in [1.82, 2.24) is 28.9 Å². The van der Waals surface area contributed by atoms with Gasteiger partial charge in [-0.25, -0.2) is 9.78 Å². The zero-order valence-electron chi connectivity index (χ0n) is 20.1. The number of aryl methyl sites for hydroxylation is 2. The summed E-state index contributed by atoms with van der Waals surface area (Å²) < 4.78 is 3.24. The highest BCUT2D eigenvalue weighted by Crippen LogP contribution is 2.29. The standard InChI is InChI=1S/C27H32N6O2.CH4/c1-30-25-24(26(34)29-27(30)35)33(20-28-25)15-9-8-14-31-16-18-32(19-17-31)23(21-10-4-2-5-11-21)22-12-6-3-7-13-22;/h2-7,10-13,20,23H,8-9,14-19H2,1H3,(H,29,34,35);1H4. The van der Waals surface area contributed by atoms with Crippen molar-refractivity contribution >= 4 is 11.2 Å². The molecule has 0 aliphatic carbocycles. The van der Waals surface area contributed by atoms with Gasteiger partial charge in [0.1, 0.15) is 0 Å². The van der Waals surface area contributed by atoms with Gasteiger partial charge in [-0.1, -0.05) is 68.1 Å². The minimum atomic E-state index is -0.436. The Morgan fingerprint density at radius 1 is 0.861 bits per heavy atom. The Bertz CT molecular complexity index is 1330. The molecule has 1 saturated heterocycles. The van der Waals surface area contributed by atoms with Crippen LogP contribution >= 0.6 is 0 Å². The van der Waals surface area contributed by atoms with E-state index in [-0.39, 0.29) is 19.0 Å². The third-order valence-electron chi connectivity index (χ3n) is 7.00. The van der Waals surface area contributed by atoms with E-state index < -0.39 is 5.69 Å². The first-order valence-corrected chi connectivity index (χ1v) is 12.3. The van der Waals surface area contributed by atoms with Crippen molar-refractivity contribution in [3.05, 3.63) is 99.0 Å². The highest BCUT2D eigenvalue weighted by Gasteiger charge is 2.26. The van der Waals surface area contributed by atoms with Gasteiger partial charge in [-0.05, 0) is 30.5 Å². The molecule has 3 heterocycles. The number of hydrogen-bond acceptors (Lipinski definition) is 5. The van der Waals surface area contributed by atoms with Crippen LogP contribution in [0.25, 0.3) is 11.2 Å². The Balaban J connectivity index is 0.00000304. The van der Waals surface area contributed by atoms with Gasteiger partial charge in [-0.3, -0.25) is 19.2 Å². The van der Waals surface area contributed by atoms with E-state index >= 15 is 0 Å². The van der Waals surface area contributed by atoms with Gasteiger partial charge in [0.05, 0.1) is 12.4 Å². The van der Waals surface area contributed by atoms with Gasteiger partial charge in [-0.2, -0.15) is 0 Å². The van der Waals surface area contributed by atoms with Crippen molar-refractivity contribution in [1.29, 1.82) is 0 Å². The molecule has 190 valence electrons. The molecular formula is C28H36N6O2. The molecule has 8 nitrogen and oxygen atoms in total. The van der Waals surface area contributed by atoms with E-state index in [1.807, 2.05) is 4.57 Å². The number of nitrogens with one attached hydrogen (secondary N) is 1. The van der Waals surface area contributed by atoms with Crippen LogP contribution in [0.1, 0.15) is 37.4 Å². The molecule has 5 rings (SSSR count). The first-order valence-electron chi connectivity index (χ1n) is 12.3. The van der Waals surface area contributed by atoms with Gasteiger partial charge >= 0.3 is 5.69 Å². The molecule has 1 aliphatic heterocycles. The lowest BCUT2D eigenvalue weighted by atomic mass is 9.96. The van der Waals surface area contributed by atoms with Gasteiger partial charge in [0, 0.05) is 39.8 Å². The maximum atomic E-state index is 12.3. The SMILES string of the molecule is C.Cn1c(=O)[nH]c(=O)c2c1ncn2CCCCN1CCN(C(c2ccccc2)c2ccccc2)CC1. The number of benzene rings is 2. The van der Waals surface area contributed by atoms with E-state index in [1.165, 1.54) is 15.7 Å². The monoisotopic (exact) mass is 488 g/mol. The van der Waals surface area contributed by atoms with Gasteiger partial charge in [0.25, 0.3) is 5.56 Å². The number of rotatable bonds is 8. The Morgan fingerprint density at radius 3 is 2.06 bits per heavy atom. The fourth-order valence-electron chi connectivity index (χ4n) is 5.10. The largest absolute Gasteiger partial charge is 0.329 e. The average Bonchev–Trinajstić information content (AvgIpc) is 3.32. The van der Waals surface area contributed by atoms with Gasteiger partial charge in [0.2, 0.25) is 0 Å². The minimum absolute atomic E-state index is 0. The maximum Gasteiger partial charge on any atom is 0.329 e. The number of fused-ring (bicyclic) bond motifs is 1. The Morgan fingerprint density at radius 2 is 1.44 bits per heavy atom. The summed E-state index contributed by atoms with van der Waals surface area (Å²) in [5, 5.41) is 0. The van der Waals surface area contributed by atoms with Crippen molar-refractivity contribution < 1.29 is 0 Å². The van der Waals surface area contributed by atoms with Crippen molar-refractivity contribution in [2.75, 3.05) is 32.7 Å². The lowest BCUT2D eigenvalue weighted by molar-refractivity contribution is 0.108. The molecule has 0 saturated carbocycles. The average molecular weight is 489 g/mol. The summed E-state index contributed by atoms with van der Waals surface area (Å²) in [4.78, 5) is 35.8. The van der Waals surface area contributed by atoms with Gasteiger partial charge in [-0.15, -0.1) is 0 Å². The summed E-state index contributed by atoms with van der Waals surface area (Å²) in [6, 6.07) is 21.8. The van der Waals surface area contributed by atoms with E-state index in [9.17, 15) is 9.59 Å². The Kier molecular flexibility index (Phi) is 8.18. The van der Waals surface area contributed by atoms with Crippen LogP contribution in [0.2, 0.25) is 0 Å². The van der Waals surface area contributed by atoms with Gasteiger partial charge in [0.15, 0.2) is 11.2 Å². The van der Waals surface area contributed by atoms with E-state index in [1.54, 1.807) is 13.4 Å². The normalized spacial score (nSPS) is 14.8. The maximum absolute atomic E-state index is 12.3. The molecule has 1 N–H and O–H groups in total. The second-order valence-electron chi connectivity index (χ2n) is 9.24. The predicted octanol–water partition coefficient (Wildman–Crippen LogP) is 3.25. The number of imidazole rings is 1. The Hall–Kier alpha value is -3.49. The van der Waals surface area contributed by atoms with Crippen molar-refractivity contribution in [2.45, 2.75) is 32.9 Å². The molecule has 36 heavy (non-hydrogen) atoms. The molecule has 1 aliphatic rings. The highest BCUT2D eigenvalue weighted by molar-refractivity contribution is 5.69. The molecule has 0 radical (unpaired) electrons. The molecule has 0 amide bonds. The van der Waals surface area contributed by atoms with Crippen LogP contribution in [-0.2, 0) is 13.6 Å². The molecule has 0 atom stereocenters. The molecule has 1 fully saturated rings. The topological polar surface area (TPSA) is 79.2 Å². The molecule has 8 heteroatoms. The summed E-state index contributed by atoms with van der Waals surface area (Å²) in [6.45, 7) is 5.91. The van der Waals surface area contributed by atoms with Crippen LogP contribution in [0.4, 0.5) is 0 Å². The van der Waals surface area contributed by atoms with Gasteiger partial charge < -0.3 is 9.47 Å². The summed E-state index contributed by atoms with van der Waals surface area (Å²) >= 11 is 0. The van der Waals surface area contributed by atoms with Crippen LogP contribution in [0.3, 0.4) is 0 Å². The second-order valence-corrected chi connectivity index (χ2v) is 9.24. The van der Waals surface area contributed by atoms with Crippen LogP contribution in [0, 0.1) is 0 Å². The van der Waals surface area contributed by atoms with Crippen LogP contribution in [0.15, 0.2) is 76.6 Å². The lowest BCUT2D eigenvalue weighted by Gasteiger charge is -2.39. The fraction of sp³-hybridized carbons (Fsp3) is 0.393. The van der Waals surface area contributed by atoms with E-state index in [0.717, 1.165) is 45.6 Å². The first kappa shape index (κ1) is 25.6. The Labute approximate surface area is 211 Å². The van der Waals surface area contributed by atoms with E-state index in [2.05, 4.69) is 80.4 Å². The van der Waals surface area contributed by atoms with E-state index in [4.69, 9.17) is 0 Å². The zero-order valence-corrected chi connectivity index (χ0v) is 20.1. The number of piperazine rings is 1.